The number of hydrogen-bond donors (Lipinski definition) is 1. The molecular formula is C20H21KN2O6. The van der Waals surface area contributed by atoms with Gasteiger partial charge in [0.25, 0.3) is 5.91 Å². The minimum Gasteiger partial charge on any atom is -0.548 e. The van der Waals surface area contributed by atoms with Crippen LogP contribution >= 0.6 is 0 Å². The minimum absolute atomic E-state index is 0. The number of rotatable bonds is 3. The predicted molar refractivity (Wildman–Crippen MR) is 96.7 cm³/mol. The second kappa shape index (κ2) is 8.79. The molecule has 0 aliphatic carbocycles. The van der Waals surface area contributed by atoms with Gasteiger partial charge in [-0.2, -0.15) is 0 Å². The summed E-state index contributed by atoms with van der Waals surface area (Å²) in [4.78, 5) is 25.6. The maximum Gasteiger partial charge on any atom is 1.00 e. The molecule has 0 saturated carbocycles. The number of ether oxygens (including phenoxy) is 2. The summed E-state index contributed by atoms with van der Waals surface area (Å²) >= 11 is 0. The largest absolute Gasteiger partial charge is 1.00 e. The summed E-state index contributed by atoms with van der Waals surface area (Å²) < 4.78 is 13.1. The van der Waals surface area contributed by atoms with Crippen molar-refractivity contribution in [3.8, 4) is 17.2 Å². The van der Waals surface area contributed by atoms with Gasteiger partial charge in [-0.05, 0) is 32.0 Å². The Morgan fingerprint density at radius 1 is 1.14 bits per heavy atom. The number of carboxylic acid groups (broad SMARTS) is 1. The number of carbonyl (C=O) groups is 2. The van der Waals surface area contributed by atoms with E-state index in [4.69, 9.17) is 9.47 Å². The van der Waals surface area contributed by atoms with Crippen LogP contribution in [0.25, 0.3) is 5.69 Å². The number of carboxylic acids is 1. The molecule has 2 aliphatic heterocycles. The fourth-order valence-corrected chi connectivity index (χ4v) is 3.96. The van der Waals surface area contributed by atoms with Gasteiger partial charge in [-0.3, -0.25) is 4.79 Å². The van der Waals surface area contributed by atoms with E-state index in [9.17, 15) is 19.8 Å². The van der Waals surface area contributed by atoms with Crippen LogP contribution in [0.4, 0.5) is 0 Å². The van der Waals surface area contributed by atoms with Crippen LogP contribution in [0.1, 0.15) is 28.2 Å². The molecule has 1 fully saturated rings. The Kier molecular flexibility index (Phi) is 6.76. The van der Waals surface area contributed by atoms with Crippen LogP contribution in [0.5, 0.6) is 11.5 Å². The van der Waals surface area contributed by atoms with Gasteiger partial charge in [0.2, 0.25) is 0 Å². The second-order valence-corrected chi connectivity index (χ2v) is 7.13. The quantitative estimate of drug-likeness (QED) is 0.534. The number of hydrogen-bond acceptors (Lipinski definition) is 6. The third-order valence-corrected chi connectivity index (χ3v) is 5.26. The number of aliphatic carboxylic acids is 1. The Hall–Kier alpha value is -1.36. The number of fused-ring (bicyclic) bond motifs is 1. The van der Waals surface area contributed by atoms with Gasteiger partial charge in [0.05, 0.1) is 23.7 Å². The molecule has 2 aromatic rings. The minimum atomic E-state index is -1.36. The first-order chi connectivity index (χ1) is 13.4. The number of carbonyl (C=O) groups excluding carboxylic acids is 2. The number of benzene rings is 1. The van der Waals surface area contributed by atoms with Gasteiger partial charge >= 0.3 is 51.4 Å². The van der Waals surface area contributed by atoms with Crippen molar-refractivity contribution in [2.45, 2.75) is 32.4 Å². The molecule has 1 saturated heterocycles. The van der Waals surface area contributed by atoms with Gasteiger partial charge in [0.1, 0.15) is 13.2 Å². The molecule has 1 aromatic carbocycles. The molecule has 0 spiro atoms. The molecule has 9 heteroatoms. The zero-order valence-electron chi connectivity index (χ0n) is 16.7. The fraction of sp³-hybridized carbons (Fsp3) is 0.400. The van der Waals surface area contributed by atoms with E-state index in [1.54, 1.807) is 13.0 Å². The molecule has 1 N–H and O–H groups in total. The van der Waals surface area contributed by atoms with Gasteiger partial charge < -0.3 is 33.9 Å². The molecule has 0 unspecified atom stereocenters. The summed E-state index contributed by atoms with van der Waals surface area (Å²) in [5.74, 6) is -0.464. The van der Waals surface area contributed by atoms with Crippen LogP contribution < -0.4 is 66.0 Å². The monoisotopic (exact) mass is 424 g/mol. The first kappa shape index (κ1) is 22.3. The van der Waals surface area contributed by atoms with Crippen LogP contribution in [0.15, 0.2) is 24.3 Å². The molecule has 3 heterocycles. The van der Waals surface area contributed by atoms with E-state index in [1.165, 1.54) is 4.90 Å². The van der Waals surface area contributed by atoms with E-state index in [2.05, 4.69) is 0 Å². The number of aryl methyl sites for hydroxylation is 1. The molecule has 2 aliphatic rings. The molecule has 1 amide bonds. The Labute approximate surface area is 210 Å². The Morgan fingerprint density at radius 3 is 2.52 bits per heavy atom. The van der Waals surface area contributed by atoms with Gasteiger partial charge in [-0.15, -0.1) is 0 Å². The smallest absolute Gasteiger partial charge is 0.548 e. The molecule has 2 atom stereocenters. The SMILES string of the molecule is Cc1cc(C(=O)N2C[C@@H](O)C[C@H]2C(=O)[O-])c(C)n1-c1ccc2c(c1)OCCO2.[K+]. The molecule has 1 aromatic heterocycles. The Morgan fingerprint density at radius 2 is 1.83 bits per heavy atom. The molecule has 8 nitrogen and oxygen atoms in total. The zero-order chi connectivity index (χ0) is 20.0. The van der Waals surface area contributed by atoms with E-state index < -0.39 is 24.0 Å². The van der Waals surface area contributed by atoms with E-state index in [0.29, 0.717) is 36.0 Å². The number of aliphatic hydroxyl groups excluding tert-OH is 1. The number of aliphatic hydroxyl groups is 1. The van der Waals surface area contributed by atoms with Gasteiger partial charge in [0, 0.05) is 36.1 Å². The van der Waals surface area contributed by atoms with Crippen molar-refractivity contribution in [2.75, 3.05) is 19.8 Å². The van der Waals surface area contributed by atoms with Crippen LogP contribution in [0.2, 0.25) is 0 Å². The standard InChI is InChI=1S/C20H22N2O6.K/c1-11-7-15(19(24)21-10-14(23)9-16(21)20(25)26)12(2)22(11)13-3-4-17-18(8-13)28-6-5-27-17;/h3-4,7-8,14,16,23H,5-6,9-10H2,1-2H3,(H,25,26);/q;+1/p-1/t14-,16-;/m0./s1. The van der Waals surface area contributed by atoms with E-state index in [1.807, 2.05) is 29.7 Å². The first-order valence-electron chi connectivity index (χ1n) is 9.15. The summed E-state index contributed by atoms with van der Waals surface area (Å²) in [6, 6.07) is 6.16. The molecular weight excluding hydrogens is 403 g/mol. The number of aromatic nitrogens is 1. The fourth-order valence-electron chi connectivity index (χ4n) is 3.96. The third kappa shape index (κ3) is 4.12. The summed E-state index contributed by atoms with van der Waals surface area (Å²) in [6.07, 6.45) is -0.886. The summed E-state index contributed by atoms with van der Waals surface area (Å²) in [6.45, 7) is 4.64. The second-order valence-electron chi connectivity index (χ2n) is 7.13. The average molecular weight is 424 g/mol. The number of amides is 1. The van der Waals surface area contributed by atoms with Crippen molar-refractivity contribution >= 4 is 11.9 Å². The number of β-amino-alcohol motifs (C(OH)–C–C–N with tert-alkyl or cyclic N) is 1. The average Bonchev–Trinajstić information content (AvgIpc) is 3.20. The normalized spacial score (nSPS) is 20.3. The first-order valence-corrected chi connectivity index (χ1v) is 9.15. The van der Waals surface area contributed by atoms with Crippen molar-refractivity contribution in [1.82, 2.24) is 9.47 Å². The van der Waals surface area contributed by atoms with E-state index >= 15 is 0 Å². The van der Waals surface area contributed by atoms with Crippen LogP contribution in [-0.2, 0) is 4.79 Å². The van der Waals surface area contributed by atoms with Gasteiger partial charge in [-0.25, -0.2) is 0 Å². The maximum absolute atomic E-state index is 13.0. The maximum atomic E-state index is 13.0. The molecule has 0 bridgehead atoms. The topological polar surface area (TPSA) is 104 Å². The molecule has 148 valence electrons. The molecule has 29 heavy (non-hydrogen) atoms. The van der Waals surface area contributed by atoms with Gasteiger partial charge in [0.15, 0.2) is 11.5 Å². The van der Waals surface area contributed by atoms with Crippen LogP contribution in [0, 0.1) is 13.8 Å². The van der Waals surface area contributed by atoms with Crippen molar-refractivity contribution < 1.29 is 80.7 Å². The molecule has 4 rings (SSSR count). The van der Waals surface area contributed by atoms with Crippen molar-refractivity contribution in [3.63, 3.8) is 0 Å². The number of likely N-dealkylation sites (tertiary alicyclic amines) is 1. The zero-order valence-corrected chi connectivity index (χ0v) is 19.8. The van der Waals surface area contributed by atoms with Crippen LogP contribution in [-0.4, -0.2) is 58.4 Å². The molecule has 0 radical (unpaired) electrons. The van der Waals surface area contributed by atoms with E-state index in [-0.39, 0.29) is 64.4 Å². The summed E-state index contributed by atoms with van der Waals surface area (Å²) in [7, 11) is 0. The Balaban J connectivity index is 0.00000240. The predicted octanol–water partition coefficient (Wildman–Crippen LogP) is -2.81. The number of nitrogens with zero attached hydrogens (tertiary/aromatic N) is 2. The van der Waals surface area contributed by atoms with Crippen molar-refractivity contribution in [1.29, 1.82) is 0 Å². The van der Waals surface area contributed by atoms with Crippen molar-refractivity contribution in [2.24, 2.45) is 0 Å². The van der Waals surface area contributed by atoms with Gasteiger partial charge in [-0.1, -0.05) is 0 Å². The third-order valence-electron chi connectivity index (χ3n) is 5.26. The van der Waals surface area contributed by atoms with Crippen LogP contribution in [0.3, 0.4) is 0 Å². The Bertz CT molecular complexity index is 957. The summed E-state index contributed by atoms with van der Waals surface area (Å²) in [5, 5.41) is 21.2. The van der Waals surface area contributed by atoms with Crippen molar-refractivity contribution in [3.05, 3.63) is 41.2 Å². The van der Waals surface area contributed by atoms with E-state index in [0.717, 1.165) is 11.4 Å². The summed E-state index contributed by atoms with van der Waals surface area (Å²) in [5.41, 5.74) is 2.71.